The van der Waals surface area contributed by atoms with Crippen LogP contribution in [0.25, 0.3) is 16.6 Å². The molecule has 4 aromatic rings. The molecule has 5 rings (SSSR count). The number of Topliss-reactive ketones (excluding diaryl/α,β-unsaturated/α-hetero) is 1. The fourth-order valence-electron chi connectivity index (χ4n) is 4.04. The van der Waals surface area contributed by atoms with Gasteiger partial charge in [0.05, 0.1) is 29.5 Å². The molecule has 10 heteroatoms. The van der Waals surface area contributed by atoms with E-state index < -0.39 is 17.7 Å². The number of ketones is 1. The van der Waals surface area contributed by atoms with E-state index in [4.69, 9.17) is 14.2 Å². The Morgan fingerprint density at radius 1 is 0.892 bits per heavy atom. The third-order valence-electron chi connectivity index (χ3n) is 5.81. The standard InChI is InChI=1S/C27H20N2O7S/c1-2-34-27(33)16-5-3-15(4-6-16)11-19(25(30)18-8-10-22-23(13-18)36-14-35-22)24(26(31)32)17-7-9-20-21(12-17)29-37-28-20/h3-10,12-13H,2,11,14H2,1H3,(H,31,32). The number of carbonyl (C=O) groups excluding carboxylic acids is 2. The van der Waals surface area contributed by atoms with Gasteiger partial charge in [-0.2, -0.15) is 8.75 Å². The topological polar surface area (TPSA) is 125 Å². The number of carboxylic acids is 1. The van der Waals surface area contributed by atoms with Crippen LogP contribution in [0.15, 0.2) is 66.2 Å². The highest BCUT2D eigenvalue weighted by molar-refractivity contribution is 7.00. The molecule has 2 heterocycles. The van der Waals surface area contributed by atoms with E-state index in [-0.39, 0.29) is 36.5 Å². The van der Waals surface area contributed by atoms with Crippen LogP contribution in [0.2, 0.25) is 0 Å². The predicted molar refractivity (Wildman–Crippen MR) is 135 cm³/mol. The zero-order valence-corrected chi connectivity index (χ0v) is 20.4. The molecule has 1 aliphatic heterocycles. The zero-order valence-electron chi connectivity index (χ0n) is 19.6. The highest BCUT2D eigenvalue weighted by Crippen LogP contribution is 2.34. The highest BCUT2D eigenvalue weighted by Gasteiger charge is 2.26. The van der Waals surface area contributed by atoms with Crippen molar-refractivity contribution in [1.82, 2.24) is 8.75 Å². The fraction of sp³-hybridized carbons (Fsp3) is 0.148. The van der Waals surface area contributed by atoms with Gasteiger partial charge in [0.15, 0.2) is 17.3 Å². The maximum Gasteiger partial charge on any atom is 0.338 e. The van der Waals surface area contributed by atoms with Crippen LogP contribution in [-0.4, -0.2) is 45.0 Å². The zero-order chi connectivity index (χ0) is 25.9. The van der Waals surface area contributed by atoms with Crippen LogP contribution in [0.1, 0.15) is 38.8 Å². The molecule has 0 saturated carbocycles. The van der Waals surface area contributed by atoms with Crippen molar-refractivity contribution in [3.63, 3.8) is 0 Å². The second-order valence-electron chi connectivity index (χ2n) is 8.12. The Bertz CT molecular complexity index is 1560. The van der Waals surface area contributed by atoms with E-state index in [2.05, 4.69) is 8.75 Å². The van der Waals surface area contributed by atoms with Gasteiger partial charge in [0.1, 0.15) is 11.0 Å². The Hall–Kier alpha value is -4.57. The summed E-state index contributed by atoms with van der Waals surface area (Å²) in [5, 5.41) is 10.3. The third-order valence-corrected chi connectivity index (χ3v) is 6.37. The Kier molecular flexibility index (Phi) is 6.65. The summed E-state index contributed by atoms with van der Waals surface area (Å²) < 4.78 is 24.1. The summed E-state index contributed by atoms with van der Waals surface area (Å²) in [5.74, 6) is -1.26. The number of hydrogen-bond donors (Lipinski definition) is 1. The monoisotopic (exact) mass is 516 g/mol. The van der Waals surface area contributed by atoms with Crippen LogP contribution >= 0.6 is 11.7 Å². The molecular formula is C27H20N2O7S. The summed E-state index contributed by atoms with van der Waals surface area (Å²) in [4.78, 5) is 38.5. The number of allylic oxidation sites excluding steroid dienone is 1. The number of aliphatic carboxylic acids is 1. The van der Waals surface area contributed by atoms with Crippen LogP contribution < -0.4 is 9.47 Å². The highest BCUT2D eigenvalue weighted by atomic mass is 32.1. The molecule has 0 unspecified atom stereocenters. The number of benzene rings is 3. The molecule has 0 atom stereocenters. The maximum atomic E-state index is 13.8. The van der Waals surface area contributed by atoms with Crippen molar-refractivity contribution in [2.75, 3.05) is 13.4 Å². The second kappa shape index (κ2) is 10.2. The second-order valence-corrected chi connectivity index (χ2v) is 8.65. The van der Waals surface area contributed by atoms with Crippen LogP contribution in [0, 0.1) is 0 Å². The maximum absolute atomic E-state index is 13.8. The van der Waals surface area contributed by atoms with Crippen molar-refractivity contribution in [3.05, 3.63) is 88.5 Å². The van der Waals surface area contributed by atoms with Gasteiger partial charge in [-0.15, -0.1) is 0 Å². The van der Waals surface area contributed by atoms with Crippen molar-refractivity contribution in [2.45, 2.75) is 13.3 Å². The lowest BCUT2D eigenvalue weighted by Crippen LogP contribution is -2.14. The lowest BCUT2D eigenvalue weighted by Gasteiger charge is -2.14. The molecule has 37 heavy (non-hydrogen) atoms. The molecular weight excluding hydrogens is 496 g/mol. The van der Waals surface area contributed by atoms with Gasteiger partial charge in [0.25, 0.3) is 0 Å². The lowest BCUT2D eigenvalue weighted by atomic mass is 9.89. The van der Waals surface area contributed by atoms with Gasteiger partial charge in [0, 0.05) is 17.6 Å². The molecule has 0 spiro atoms. The van der Waals surface area contributed by atoms with Gasteiger partial charge in [-0.25, -0.2) is 9.59 Å². The van der Waals surface area contributed by atoms with Crippen molar-refractivity contribution in [1.29, 1.82) is 0 Å². The first-order chi connectivity index (χ1) is 17.9. The molecule has 0 amide bonds. The summed E-state index contributed by atoms with van der Waals surface area (Å²) in [6.45, 7) is 2.01. The van der Waals surface area contributed by atoms with Crippen molar-refractivity contribution in [3.8, 4) is 11.5 Å². The summed E-state index contributed by atoms with van der Waals surface area (Å²) in [5.41, 5.74) is 2.69. The molecule has 0 aliphatic carbocycles. The smallest absolute Gasteiger partial charge is 0.338 e. The first-order valence-electron chi connectivity index (χ1n) is 11.3. The summed E-state index contributed by atoms with van der Waals surface area (Å²) >= 11 is 1.02. The molecule has 1 N–H and O–H groups in total. The fourth-order valence-corrected chi connectivity index (χ4v) is 4.55. The van der Waals surface area contributed by atoms with Gasteiger partial charge in [-0.05, 0) is 60.5 Å². The van der Waals surface area contributed by atoms with Gasteiger partial charge < -0.3 is 19.3 Å². The number of aromatic nitrogens is 2. The normalized spacial score (nSPS) is 12.8. The van der Waals surface area contributed by atoms with E-state index in [1.165, 1.54) is 0 Å². The Morgan fingerprint density at radius 2 is 1.59 bits per heavy atom. The lowest BCUT2D eigenvalue weighted by molar-refractivity contribution is -0.130. The molecule has 0 fully saturated rings. The van der Waals surface area contributed by atoms with E-state index >= 15 is 0 Å². The molecule has 0 radical (unpaired) electrons. The molecule has 1 aromatic heterocycles. The number of esters is 1. The van der Waals surface area contributed by atoms with Gasteiger partial charge in [-0.1, -0.05) is 18.2 Å². The quantitative estimate of drug-likeness (QED) is 0.204. The van der Waals surface area contributed by atoms with Crippen molar-refractivity contribution >= 4 is 46.1 Å². The SMILES string of the molecule is CCOC(=O)c1ccc(CC(C(=O)c2ccc3c(c2)OCO3)=C(C(=O)O)c2ccc3nsnc3c2)cc1. The van der Waals surface area contributed by atoms with E-state index in [0.29, 0.717) is 39.2 Å². The van der Waals surface area contributed by atoms with E-state index in [1.54, 1.807) is 67.6 Å². The molecule has 3 aromatic carbocycles. The van der Waals surface area contributed by atoms with E-state index in [1.807, 2.05) is 0 Å². The molecule has 1 aliphatic rings. The summed E-state index contributed by atoms with van der Waals surface area (Å²) in [7, 11) is 0. The van der Waals surface area contributed by atoms with Gasteiger partial charge in [-0.3, -0.25) is 4.79 Å². The number of carboxylic acid groups (broad SMARTS) is 1. The minimum Gasteiger partial charge on any atom is -0.478 e. The van der Waals surface area contributed by atoms with Gasteiger partial charge >= 0.3 is 11.9 Å². The summed E-state index contributed by atoms with van der Waals surface area (Å²) in [6, 6.07) is 16.2. The number of carbonyl (C=O) groups is 3. The van der Waals surface area contributed by atoms with Crippen LogP contribution in [0.5, 0.6) is 11.5 Å². The van der Waals surface area contributed by atoms with Crippen LogP contribution in [-0.2, 0) is 16.0 Å². The minimum absolute atomic E-state index is 0.00532. The molecule has 0 bridgehead atoms. The number of rotatable bonds is 8. The number of ether oxygens (including phenoxy) is 3. The molecule has 0 saturated heterocycles. The van der Waals surface area contributed by atoms with E-state index in [9.17, 15) is 19.5 Å². The van der Waals surface area contributed by atoms with Crippen LogP contribution in [0.4, 0.5) is 0 Å². The number of fused-ring (bicyclic) bond motifs is 2. The minimum atomic E-state index is -1.25. The molecule has 186 valence electrons. The number of nitrogens with zero attached hydrogens (tertiary/aromatic N) is 2. The molecule has 9 nitrogen and oxygen atoms in total. The van der Waals surface area contributed by atoms with E-state index in [0.717, 1.165) is 11.7 Å². The summed E-state index contributed by atoms with van der Waals surface area (Å²) in [6.07, 6.45) is 0.00532. The first-order valence-corrected chi connectivity index (χ1v) is 12.1. The largest absolute Gasteiger partial charge is 0.478 e. The number of hydrogen-bond acceptors (Lipinski definition) is 9. The Morgan fingerprint density at radius 3 is 2.35 bits per heavy atom. The van der Waals surface area contributed by atoms with Crippen molar-refractivity contribution < 1.29 is 33.7 Å². The average molecular weight is 517 g/mol. The first kappa shape index (κ1) is 24.1. The predicted octanol–water partition coefficient (Wildman–Crippen LogP) is 4.56. The third kappa shape index (κ3) is 4.91. The Labute approximate surface area is 215 Å². The van der Waals surface area contributed by atoms with Crippen molar-refractivity contribution in [2.24, 2.45) is 0 Å². The van der Waals surface area contributed by atoms with Gasteiger partial charge in [0.2, 0.25) is 6.79 Å². The van der Waals surface area contributed by atoms with Crippen LogP contribution in [0.3, 0.4) is 0 Å². The average Bonchev–Trinajstić information content (AvgIpc) is 3.57. The Balaban J connectivity index is 1.61.